The molecule has 0 bridgehead atoms. The van der Waals surface area contributed by atoms with Crippen LogP contribution in [0.1, 0.15) is 11.3 Å². The smallest absolute Gasteiger partial charge is 0.242 e. The molecule has 1 heterocycles. The van der Waals surface area contributed by atoms with E-state index in [0.717, 1.165) is 17.0 Å². The third kappa shape index (κ3) is 3.02. The van der Waals surface area contributed by atoms with Crippen molar-refractivity contribution in [2.45, 2.75) is 18.4 Å². The first-order valence-electron chi connectivity index (χ1n) is 6.20. The minimum atomic E-state index is -3.37. The Labute approximate surface area is 119 Å². The van der Waals surface area contributed by atoms with Crippen molar-refractivity contribution in [1.82, 2.24) is 4.31 Å². The lowest BCUT2D eigenvalue weighted by Gasteiger charge is -2.12. The van der Waals surface area contributed by atoms with E-state index in [-0.39, 0.29) is 4.90 Å². The second-order valence-corrected chi connectivity index (χ2v) is 6.84. The zero-order valence-corrected chi connectivity index (χ0v) is 12.6. The van der Waals surface area contributed by atoms with Crippen LogP contribution in [-0.2, 0) is 16.6 Å². The first-order valence-corrected chi connectivity index (χ1v) is 7.64. The van der Waals surface area contributed by atoms with Crippen molar-refractivity contribution in [3.05, 3.63) is 47.9 Å². The highest BCUT2D eigenvalue weighted by atomic mass is 32.2. The predicted molar refractivity (Wildman–Crippen MR) is 78.1 cm³/mol. The average Bonchev–Trinajstić information content (AvgIpc) is 2.82. The van der Waals surface area contributed by atoms with Gasteiger partial charge >= 0.3 is 0 Å². The van der Waals surface area contributed by atoms with Gasteiger partial charge in [0.1, 0.15) is 5.76 Å². The highest BCUT2D eigenvalue weighted by molar-refractivity contribution is 7.89. The fraction of sp³-hybridized carbons (Fsp3) is 0.286. The Kier molecular flexibility index (Phi) is 4.15. The first kappa shape index (κ1) is 14.6. The topological polar surface area (TPSA) is 62.6 Å². The monoisotopic (exact) mass is 294 g/mol. The zero-order valence-electron chi connectivity index (χ0n) is 11.8. The fourth-order valence-corrected chi connectivity index (χ4v) is 2.62. The standard InChI is InChI=1S/C14H18N2O3S/c1-11-8-9-19-14(11)10-15-12-4-6-13(7-5-12)20(17,18)16(2)3/h4-9,15H,10H2,1-3H3. The van der Waals surface area contributed by atoms with E-state index in [2.05, 4.69) is 5.32 Å². The molecule has 0 atom stereocenters. The molecule has 20 heavy (non-hydrogen) atoms. The van der Waals surface area contributed by atoms with Crippen molar-refractivity contribution in [3.63, 3.8) is 0 Å². The molecule has 0 amide bonds. The summed E-state index contributed by atoms with van der Waals surface area (Å²) in [5.74, 6) is 0.870. The molecule has 0 aliphatic rings. The van der Waals surface area contributed by atoms with Gasteiger partial charge in [0.15, 0.2) is 0 Å². The second-order valence-electron chi connectivity index (χ2n) is 4.69. The Morgan fingerprint density at radius 1 is 1.15 bits per heavy atom. The number of anilines is 1. The van der Waals surface area contributed by atoms with E-state index >= 15 is 0 Å². The lowest BCUT2D eigenvalue weighted by molar-refractivity contribution is 0.515. The van der Waals surface area contributed by atoms with Gasteiger partial charge in [0.05, 0.1) is 17.7 Å². The highest BCUT2D eigenvalue weighted by Gasteiger charge is 2.16. The predicted octanol–water partition coefficient (Wildman–Crippen LogP) is 2.45. The van der Waals surface area contributed by atoms with Crippen LogP contribution < -0.4 is 5.32 Å². The van der Waals surface area contributed by atoms with E-state index in [1.807, 2.05) is 13.0 Å². The van der Waals surface area contributed by atoms with E-state index in [0.29, 0.717) is 6.54 Å². The van der Waals surface area contributed by atoms with Gasteiger partial charge < -0.3 is 9.73 Å². The molecule has 0 aliphatic carbocycles. The summed E-state index contributed by atoms with van der Waals surface area (Å²) >= 11 is 0. The van der Waals surface area contributed by atoms with Gasteiger partial charge in [-0.15, -0.1) is 0 Å². The van der Waals surface area contributed by atoms with Crippen LogP contribution >= 0.6 is 0 Å². The maximum Gasteiger partial charge on any atom is 0.242 e. The Balaban J connectivity index is 2.08. The van der Waals surface area contributed by atoms with Gasteiger partial charge in [-0.3, -0.25) is 0 Å². The maximum absolute atomic E-state index is 11.9. The van der Waals surface area contributed by atoms with Crippen LogP contribution in [0.15, 0.2) is 45.9 Å². The largest absolute Gasteiger partial charge is 0.467 e. The van der Waals surface area contributed by atoms with Crippen LogP contribution in [0.2, 0.25) is 0 Å². The summed E-state index contributed by atoms with van der Waals surface area (Å²) in [5.41, 5.74) is 1.93. The molecular formula is C14H18N2O3S. The number of rotatable bonds is 5. The second kappa shape index (κ2) is 5.68. The number of nitrogens with one attached hydrogen (secondary N) is 1. The summed E-state index contributed by atoms with van der Waals surface area (Å²) in [5, 5.41) is 3.19. The summed E-state index contributed by atoms with van der Waals surface area (Å²) < 4.78 is 30.4. The molecule has 2 aromatic rings. The Morgan fingerprint density at radius 2 is 1.80 bits per heavy atom. The van der Waals surface area contributed by atoms with Gasteiger partial charge in [-0.1, -0.05) is 0 Å². The molecular weight excluding hydrogens is 276 g/mol. The molecule has 108 valence electrons. The van der Waals surface area contributed by atoms with Gasteiger partial charge in [0.2, 0.25) is 10.0 Å². The van der Waals surface area contributed by atoms with E-state index in [4.69, 9.17) is 4.42 Å². The van der Waals surface area contributed by atoms with E-state index in [1.165, 1.54) is 18.4 Å². The fourth-order valence-electron chi connectivity index (χ4n) is 1.72. The number of furan rings is 1. The Hall–Kier alpha value is -1.79. The summed E-state index contributed by atoms with van der Waals surface area (Å²) in [6.45, 7) is 2.55. The van der Waals surface area contributed by atoms with Crippen molar-refractivity contribution in [1.29, 1.82) is 0 Å². The van der Waals surface area contributed by atoms with Crippen LogP contribution in [0, 0.1) is 6.92 Å². The molecule has 1 N–H and O–H groups in total. The van der Waals surface area contributed by atoms with Crippen molar-refractivity contribution in [2.75, 3.05) is 19.4 Å². The third-order valence-electron chi connectivity index (χ3n) is 3.05. The molecule has 0 fully saturated rings. The molecule has 1 aromatic heterocycles. The Morgan fingerprint density at radius 3 is 2.30 bits per heavy atom. The van der Waals surface area contributed by atoms with Crippen molar-refractivity contribution in [3.8, 4) is 0 Å². The minimum Gasteiger partial charge on any atom is -0.467 e. The first-order chi connectivity index (χ1) is 9.41. The van der Waals surface area contributed by atoms with Gasteiger partial charge in [0.25, 0.3) is 0 Å². The molecule has 0 radical (unpaired) electrons. The van der Waals surface area contributed by atoms with Crippen LogP contribution in [0.5, 0.6) is 0 Å². The van der Waals surface area contributed by atoms with Gasteiger partial charge in [-0.25, -0.2) is 12.7 Å². The molecule has 0 saturated carbocycles. The number of sulfonamides is 1. The Bertz CT molecular complexity index is 673. The molecule has 0 spiro atoms. The maximum atomic E-state index is 11.9. The molecule has 5 nitrogen and oxygen atoms in total. The quantitative estimate of drug-likeness (QED) is 0.920. The number of benzene rings is 1. The zero-order chi connectivity index (χ0) is 14.8. The lowest BCUT2D eigenvalue weighted by atomic mass is 10.2. The van der Waals surface area contributed by atoms with Crippen LogP contribution in [-0.4, -0.2) is 26.8 Å². The molecule has 6 heteroatoms. The van der Waals surface area contributed by atoms with E-state index in [9.17, 15) is 8.42 Å². The summed E-state index contributed by atoms with van der Waals surface area (Å²) in [4.78, 5) is 0.280. The van der Waals surface area contributed by atoms with Crippen LogP contribution in [0.3, 0.4) is 0 Å². The highest BCUT2D eigenvalue weighted by Crippen LogP contribution is 2.18. The normalized spacial score (nSPS) is 11.8. The van der Waals surface area contributed by atoms with Gasteiger partial charge in [-0.2, -0.15) is 0 Å². The summed E-state index contributed by atoms with van der Waals surface area (Å²) in [7, 11) is -0.341. The number of aryl methyl sites for hydroxylation is 1. The van der Waals surface area contributed by atoms with Crippen LogP contribution in [0.4, 0.5) is 5.69 Å². The lowest BCUT2D eigenvalue weighted by Crippen LogP contribution is -2.22. The average molecular weight is 294 g/mol. The molecule has 0 saturated heterocycles. The van der Waals surface area contributed by atoms with Crippen LogP contribution in [0.25, 0.3) is 0 Å². The summed E-state index contributed by atoms with van der Waals surface area (Å²) in [6, 6.07) is 8.58. The molecule has 1 aromatic carbocycles. The van der Waals surface area contributed by atoms with Crippen molar-refractivity contribution < 1.29 is 12.8 Å². The molecule has 0 unspecified atom stereocenters. The molecule has 0 aliphatic heterocycles. The summed E-state index contributed by atoms with van der Waals surface area (Å²) in [6.07, 6.45) is 1.65. The third-order valence-corrected chi connectivity index (χ3v) is 4.88. The van der Waals surface area contributed by atoms with Crippen molar-refractivity contribution in [2.24, 2.45) is 0 Å². The van der Waals surface area contributed by atoms with Gasteiger partial charge in [-0.05, 0) is 42.8 Å². The van der Waals surface area contributed by atoms with Crippen molar-refractivity contribution >= 4 is 15.7 Å². The number of hydrogen-bond acceptors (Lipinski definition) is 4. The minimum absolute atomic E-state index is 0.280. The molecule has 2 rings (SSSR count). The van der Waals surface area contributed by atoms with E-state index < -0.39 is 10.0 Å². The SMILES string of the molecule is Cc1ccoc1CNc1ccc(S(=O)(=O)N(C)C)cc1. The number of hydrogen-bond donors (Lipinski definition) is 1. The van der Waals surface area contributed by atoms with E-state index in [1.54, 1.807) is 30.5 Å². The van der Waals surface area contributed by atoms with Gasteiger partial charge in [0, 0.05) is 19.8 Å². The number of nitrogens with zero attached hydrogens (tertiary/aromatic N) is 1.